The number of hydrogen-bond donors (Lipinski definition) is 3. The van der Waals surface area contributed by atoms with Crippen molar-refractivity contribution in [1.82, 2.24) is 20.4 Å². The van der Waals surface area contributed by atoms with E-state index in [9.17, 15) is 9.18 Å². The summed E-state index contributed by atoms with van der Waals surface area (Å²) in [5, 5.41) is 11.0. The molecule has 0 spiro atoms. The van der Waals surface area contributed by atoms with Crippen molar-refractivity contribution in [2.45, 2.75) is 39.7 Å². The fourth-order valence-corrected chi connectivity index (χ4v) is 3.30. The van der Waals surface area contributed by atoms with Gasteiger partial charge < -0.3 is 16.4 Å². The maximum absolute atomic E-state index is 13.1. The Kier molecular flexibility index (Phi) is 10.2. The monoisotopic (exact) mass is 530 g/mol. The van der Waals surface area contributed by atoms with Crippen LogP contribution in [0, 0.1) is 25.6 Å². The van der Waals surface area contributed by atoms with Crippen LogP contribution in [0.1, 0.15) is 29.4 Å². The Morgan fingerprint density at radius 1 is 1.27 bits per heavy atom. The number of amides is 1. The highest BCUT2D eigenvalue weighted by molar-refractivity contribution is 14.0. The fraction of sp³-hybridized carbons (Fsp3) is 0.476. The molecule has 7 nitrogen and oxygen atoms in total. The smallest absolute Gasteiger partial charge is 0.222 e. The third kappa shape index (κ3) is 7.26. The van der Waals surface area contributed by atoms with Crippen LogP contribution in [0.25, 0.3) is 0 Å². The minimum absolute atomic E-state index is 0. The molecule has 2 aromatic rings. The van der Waals surface area contributed by atoms with Gasteiger partial charge in [-0.3, -0.25) is 14.5 Å². The zero-order valence-electron chi connectivity index (χ0n) is 18.2. The first-order valence-electron chi connectivity index (χ1n) is 9.71. The standard InChI is InChI=1S/C21H31FN6O.HI/c1-13(10-19-14(2)27-28(5)15(19)3)26-21(24-4)25-12-17(20(23)29)11-16-6-8-18(22)9-7-16;/h6-9,13,17H,10-12H2,1-5H3,(H2,23,29)(H2,24,25,26);1H. The number of carbonyl (C=O) groups is 1. The summed E-state index contributed by atoms with van der Waals surface area (Å²) in [6.45, 7) is 6.48. The molecule has 0 aliphatic heterocycles. The van der Waals surface area contributed by atoms with Gasteiger partial charge in [-0.05, 0) is 56.9 Å². The molecule has 30 heavy (non-hydrogen) atoms. The molecule has 1 heterocycles. The SMILES string of the molecule is CN=C(NCC(Cc1ccc(F)cc1)C(N)=O)NC(C)Cc1c(C)nn(C)c1C.I. The molecule has 1 aromatic heterocycles. The van der Waals surface area contributed by atoms with Gasteiger partial charge in [-0.15, -0.1) is 24.0 Å². The number of nitrogens with two attached hydrogens (primary N) is 1. The lowest BCUT2D eigenvalue weighted by Gasteiger charge is -2.20. The molecule has 1 aromatic carbocycles. The molecule has 2 rings (SSSR count). The van der Waals surface area contributed by atoms with Crippen molar-refractivity contribution in [2.75, 3.05) is 13.6 Å². The first kappa shape index (κ1) is 25.9. The molecule has 0 radical (unpaired) electrons. The number of primary amides is 1. The highest BCUT2D eigenvalue weighted by Gasteiger charge is 2.18. The maximum atomic E-state index is 13.1. The van der Waals surface area contributed by atoms with Gasteiger partial charge in [0.1, 0.15) is 5.82 Å². The van der Waals surface area contributed by atoms with Gasteiger partial charge in [0.15, 0.2) is 5.96 Å². The summed E-state index contributed by atoms with van der Waals surface area (Å²) < 4.78 is 15.0. The van der Waals surface area contributed by atoms with Gasteiger partial charge >= 0.3 is 0 Å². The minimum atomic E-state index is -0.433. The molecule has 2 unspecified atom stereocenters. The van der Waals surface area contributed by atoms with Crippen LogP contribution < -0.4 is 16.4 Å². The highest BCUT2D eigenvalue weighted by Crippen LogP contribution is 2.14. The number of halogens is 2. The molecule has 0 aliphatic rings. The summed E-state index contributed by atoms with van der Waals surface area (Å²) in [5.41, 5.74) is 9.80. The average Bonchev–Trinajstić information content (AvgIpc) is 2.91. The normalized spacial score (nSPS) is 13.3. The van der Waals surface area contributed by atoms with Gasteiger partial charge in [0.05, 0.1) is 11.6 Å². The summed E-state index contributed by atoms with van der Waals surface area (Å²) in [4.78, 5) is 16.1. The van der Waals surface area contributed by atoms with Crippen molar-refractivity contribution in [1.29, 1.82) is 0 Å². The van der Waals surface area contributed by atoms with Crippen LogP contribution in [-0.4, -0.2) is 41.3 Å². The Labute approximate surface area is 194 Å². The summed E-state index contributed by atoms with van der Waals surface area (Å²) >= 11 is 0. The van der Waals surface area contributed by atoms with Crippen LogP contribution in [0.15, 0.2) is 29.3 Å². The van der Waals surface area contributed by atoms with Crippen molar-refractivity contribution >= 4 is 35.8 Å². The van der Waals surface area contributed by atoms with Crippen LogP contribution in [-0.2, 0) is 24.7 Å². The van der Waals surface area contributed by atoms with Crippen molar-refractivity contribution in [3.8, 4) is 0 Å². The molecule has 4 N–H and O–H groups in total. The lowest BCUT2D eigenvalue weighted by atomic mass is 9.98. The second kappa shape index (κ2) is 11.9. The second-order valence-corrected chi connectivity index (χ2v) is 7.41. The van der Waals surface area contributed by atoms with Crippen molar-refractivity contribution < 1.29 is 9.18 Å². The van der Waals surface area contributed by atoms with E-state index in [-0.39, 0.29) is 35.8 Å². The van der Waals surface area contributed by atoms with Crippen LogP contribution in [0.5, 0.6) is 0 Å². The number of aliphatic imine (C=N–C) groups is 1. The molecular formula is C21H32FIN6O. The number of aromatic nitrogens is 2. The number of rotatable bonds is 8. The molecule has 9 heteroatoms. The van der Waals surface area contributed by atoms with Crippen LogP contribution >= 0.6 is 24.0 Å². The molecule has 0 saturated heterocycles. The quantitative estimate of drug-likeness (QED) is 0.277. The topological polar surface area (TPSA) is 97.3 Å². The zero-order chi connectivity index (χ0) is 21.6. The predicted molar refractivity (Wildman–Crippen MR) is 129 cm³/mol. The minimum Gasteiger partial charge on any atom is -0.369 e. The molecule has 0 bridgehead atoms. The molecule has 2 atom stereocenters. The van der Waals surface area contributed by atoms with E-state index in [2.05, 4.69) is 34.6 Å². The van der Waals surface area contributed by atoms with Crippen LogP contribution in [0.2, 0.25) is 0 Å². The second-order valence-electron chi connectivity index (χ2n) is 7.41. The van der Waals surface area contributed by atoms with Crippen molar-refractivity contribution in [3.63, 3.8) is 0 Å². The van der Waals surface area contributed by atoms with E-state index in [0.717, 1.165) is 23.4 Å². The largest absolute Gasteiger partial charge is 0.369 e. The molecule has 0 fully saturated rings. The van der Waals surface area contributed by atoms with E-state index >= 15 is 0 Å². The molecule has 0 saturated carbocycles. The Morgan fingerprint density at radius 3 is 2.40 bits per heavy atom. The first-order chi connectivity index (χ1) is 13.7. The van der Waals surface area contributed by atoms with Crippen LogP contribution in [0.4, 0.5) is 4.39 Å². The van der Waals surface area contributed by atoms with Gasteiger partial charge in [-0.1, -0.05) is 12.1 Å². The summed E-state index contributed by atoms with van der Waals surface area (Å²) in [6.07, 6.45) is 1.24. The van der Waals surface area contributed by atoms with E-state index < -0.39 is 11.8 Å². The van der Waals surface area contributed by atoms with Gasteiger partial charge in [-0.2, -0.15) is 5.10 Å². The molecule has 1 amide bonds. The summed E-state index contributed by atoms with van der Waals surface area (Å²) in [6, 6.07) is 6.21. The zero-order valence-corrected chi connectivity index (χ0v) is 20.5. The Bertz CT molecular complexity index is 865. The average molecular weight is 530 g/mol. The van der Waals surface area contributed by atoms with Crippen molar-refractivity contribution in [2.24, 2.45) is 23.7 Å². The van der Waals surface area contributed by atoms with Gasteiger partial charge in [0.25, 0.3) is 0 Å². The van der Waals surface area contributed by atoms with E-state index in [1.807, 2.05) is 18.7 Å². The number of benzene rings is 1. The van der Waals surface area contributed by atoms with E-state index in [1.165, 1.54) is 17.7 Å². The number of guanidine groups is 1. The van der Waals surface area contributed by atoms with Crippen molar-refractivity contribution in [3.05, 3.63) is 52.6 Å². The van der Waals surface area contributed by atoms with E-state index in [4.69, 9.17) is 5.73 Å². The number of aryl methyl sites for hydroxylation is 2. The number of carbonyl (C=O) groups excluding carboxylic acids is 1. The van der Waals surface area contributed by atoms with Gasteiger partial charge in [0, 0.05) is 32.4 Å². The Hall–Kier alpha value is -2.17. The van der Waals surface area contributed by atoms with Crippen LogP contribution in [0.3, 0.4) is 0 Å². The predicted octanol–water partition coefficient (Wildman–Crippen LogP) is 2.23. The number of hydrogen-bond acceptors (Lipinski definition) is 3. The van der Waals surface area contributed by atoms with E-state index in [1.54, 1.807) is 19.2 Å². The Morgan fingerprint density at radius 2 is 1.90 bits per heavy atom. The lowest BCUT2D eigenvalue weighted by Crippen LogP contribution is -2.46. The first-order valence-corrected chi connectivity index (χ1v) is 9.71. The van der Waals surface area contributed by atoms with Gasteiger partial charge in [-0.25, -0.2) is 4.39 Å². The fourth-order valence-electron chi connectivity index (χ4n) is 3.30. The maximum Gasteiger partial charge on any atom is 0.222 e. The highest BCUT2D eigenvalue weighted by atomic mass is 127. The third-order valence-electron chi connectivity index (χ3n) is 5.09. The third-order valence-corrected chi connectivity index (χ3v) is 5.09. The molecule has 166 valence electrons. The Balaban J connectivity index is 0.00000450. The summed E-state index contributed by atoms with van der Waals surface area (Å²) in [7, 11) is 3.62. The number of nitrogens with zero attached hydrogens (tertiary/aromatic N) is 3. The molecule has 0 aliphatic carbocycles. The molecular weight excluding hydrogens is 498 g/mol. The van der Waals surface area contributed by atoms with Gasteiger partial charge in [0.2, 0.25) is 5.91 Å². The van der Waals surface area contributed by atoms with E-state index in [0.29, 0.717) is 18.9 Å². The number of nitrogens with one attached hydrogen (secondary N) is 2. The summed E-state index contributed by atoms with van der Waals surface area (Å²) in [5.74, 6) is -0.550. The lowest BCUT2D eigenvalue weighted by molar-refractivity contribution is -0.121.